The third-order valence-corrected chi connectivity index (χ3v) is 5.54. The number of likely N-dealkylation sites (tertiary alicyclic amines) is 1. The van der Waals surface area contributed by atoms with Crippen LogP contribution in [0.4, 0.5) is 5.82 Å². The maximum absolute atomic E-state index is 6.32. The predicted molar refractivity (Wildman–Crippen MR) is 105 cm³/mol. The van der Waals surface area contributed by atoms with Crippen molar-refractivity contribution in [3.63, 3.8) is 0 Å². The molecule has 0 amide bonds. The fourth-order valence-electron chi connectivity index (χ4n) is 4.22. The zero-order valence-corrected chi connectivity index (χ0v) is 16.1. The van der Waals surface area contributed by atoms with E-state index in [1.54, 1.807) is 7.11 Å². The summed E-state index contributed by atoms with van der Waals surface area (Å²) in [7, 11) is 1.70. The molecule has 1 aromatic heterocycles. The lowest BCUT2D eigenvalue weighted by atomic mass is 9.88. The Labute approximate surface area is 160 Å². The van der Waals surface area contributed by atoms with Gasteiger partial charge in [-0.15, -0.1) is 5.10 Å². The maximum atomic E-state index is 6.32. The van der Waals surface area contributed by atoms with E-state index in [4.69, 9.17) is 9.47 Å². The van der Waals surface area contributed by atoms with E-state index in [0.717, 1.165) is 56.3 Å². The molecule has 1 N–H and O–H groups in total. The van der Waals surface area contributed by atoms with Crippen LogP contribution in [0.25, 0.3) is 0 Å². The van der Waals surface area contributed by atoms with Gasteiger partial charge in [0.2, 0.25) is 0 Å². The minimum atomic E-state index is -0.0412. The van der Waals surface area contributed by atoms with Crippen LogP contribution in [0.1, 0.15) is 30.5 Å². The number of hydrogen-bond acceptors (Lipinski definition) is 6. The number of hydrogen-bond donors (Lipinski definition) is 1. The highest BCUT2D eigenvalue weighted by molar-refractivity contribution is 5.34. The lowest BCUT2D eigenvalue weighted by molar-refractivity contribution is -0.0533. The van der Waals surface area contributed by atoms with Gasteiger partial charge in [0.1, 0.15) is 11.6 Å². The Morgan fingerprint density at radius 1 is 1.22 bits per heavy atom. The normalized spacial score (nSPS) is 25.6. The van der Waals surface area contributed by atoms with Gasteiger partial charge >= 0.3 is 0 Å². The predicted octanol–water partition coefficient (Wildman–Crippen LogP) is 3.03. The molecule has 6 nitrogen and oxygen atoms in total. The van der Waals surface area contributed by atoms with Crippen molar-refractivity contribution >= 4 is 5.82 Å². The molecule has 0 bridgehead atoms. The van der Waals surface area contributed by atoms with Crippen molar-refractivity contribution in [2.24, 2.45) is 0 Å². The fourth-order valence-corrected chi connectivity index (χ4v) is 4.22. The summed E-state index contributed by atoms with van der Waals surface area (Å²) in [4.78, 5) is 2.51. The van der Waals surface area contributed by atoms with Gasteiger partial charge in [0.05, 0.1) is 31.1 Å². The number of nitrogens with zero attached hydrogens (tertiary/aromatic N) is 3. The average molecular weight is 368 g/mol. The lowest BCUT2D eigenvalue weighted by Crippen LogP contribution is -2.47. The minimum absolute atomic E-state index is 0.0412. The van der Waals surface area contributed by atoms with E-state index in [1.165, 1.54) is 12.0 Å². The average Bonchev–Trinajstić information content (AvgIpc) is 3.06. The number of aromatic nitrogens is 2. The van der Waals surface area contributed by atoms with Crippen LogP contribution in [-0.2, 0) is 11.3 Å². The summed E-state index contributed by atoms with van der Waals surface area (Å²) in [5.41, 5.74) is 2.21. The van der Waals surface area contributed by atoms with Crippen LogP contribution in [0.3, 0.4) is 0 Å². The topological polar surface area (TPSA) is 59.5 Å². The maximum Gasteiger partial charge on any atom is 0.148 e. The van der Waals surface area contributed by atoms with E-state index in [0.29, 0.717) is 6.04 Å². The summed E-state index contributed by atoms with van der Waals surface area (Å²) >= 11 is 0. The number of aryl methyl sites for hydroxylation is 1. The van der Waals surface area contributed by atoms with Crippen LogP contribution in [-0.4, -0.2) is 53.5 Å². The molecule has 1 spiro atoms. The summed E-state index contributed by atoms with van der Waals surface area (Å²) in [5, 5.41) is 11.8. The van der Waals surface area contributed by atoms with Crippen molar-refractivity contribution < 1.29 is 9.47 Å². The van der Waals surface area contributed by atoms with Crippen molar-refractivity contribution in [2.75, 3.05) is 32.1 Å². The number of rotatable bonds is 5. The van der Waals surface area contributed by atoms with Crippen LogP contribution in [0.15, 0.2) is 36.4 Å². The Kier molecular flexibility index (Phi) is 5.27. The molecule has 0 radical (unpaired) electrons. The molecule has 2 aliphatic rings. The van der Waals surface area contributed by atoms with Gasteiger partial charge < -0.3 is 14.8 Å². The first kappa shape index (κ1) is 18.2. The molecular weight excluding hydrogens is 340 g/mol. The summed E-state index contributed by atoms with van der Waals surface area (Å²) in [6, 6.07) is 12.6. The largest absolute Gasteiger partial charge is 0.497 e. The van der Waals surface area contributed by atoms with Crippen LogP contribution in [0, 0.1) is 6.92 Å². The summed E-state index contributed by atoms with van der Waals surface area (Å²) < 4.78 is 11.6. The van der Waals surface area contributed by atoms with Crippen molar-refractivity contribution in [3.8, 4) is 5.75 Å². The van der Waals surface area contributed by atoms with Gasteiger partial charge in [-0.3, -0.25) is 4.90 Å². The Morgan fingerprint density at radius 3 is 2.81 bits per heavy atom. The second-order valence-corrected chi connectivity index (χ2v) is 7.76. The van der Waals surface area contributed by atoms with Crippen molar-refractivity contribution in [2.45, 2.75) is 44.4 Å². The molecular formula is C21H28N4O2. The van der Waals surface area contributed by atoms with E-state index in [1.807, 2.05) is 31.2 Å². The highest BCUT2D eigenvalue weighted by Crippen LogP contribution is 2.36. The summed E-state index contributed by atoms with van der Waals surface area (Å²) in [5.74, 6) is 1.73. The van der Waals surface area contributed by atoms with E-state index >= 15 is 0 Å². The monoisotopic (exact) mass is 368 g/mol. The number of nitrogens with one attached hydrogen (secondary N) is 1. The smallest absolute Gasteiger partial charge is 0.148 e. The SMILES string of the molecule is COc1ccc(CN2CCC[C@@]3(C[C@H](Nc4ccc(C)nn4)CO3)C2)cc1. The molecule has 144 valence electrons. The number of anilines is 1. The highest BCUT2D eigenvalue weighted by Gasteiger charge is 2.43. The lowest BCUT2D eigenvalue weighted by Gasteiger charge is -2.39. The molecule has 3 heterocycles. The van der Waals surface area contributed by atoms with Crippen LogP contribution in [0.2, 0.25) is 0 Å². The van der Waals surface area contributed by atoms with Crippen LogP contribution < -0.4 is 10.1 Å². The van der Waals surface area contributed by atoms with E-state index in [9.17, 15) is 0 Å². The van der Waals surface area contributed by atoms with Gasteiger partial charge in [0, 0.05) is 19.5 Å². The third kappa shape index (κ3) is 4.39. The Hall–Kier alpha value is -2.18. The fraction of sp³-hybridized carbons (Fsp3) is 0.524. The molecule has 4 rings (SSSR count). The van der Waals surface area contributed by atoms with Crippen LogP contribution in [0.5, 0.6) is 5.75 Å². The number of piperidine rings is 1. The van der Waals surface area contributed by atoms with E-state index in [2.05, 4.69) is 32.5 Å². The number of benzene rings is 1. The van der Waals surface area contributed by atoms with Crippen molar-refractivity contribution in [1.82, 2.24) is 15.1 Å². The van der Waals surface area contributed by atoms with Crippen LogP contribution >= 0.6 is 0 Å². The molecule has 0 unspecified atom stereocenters. The first-order chi connectivity index (χ1) is 13.1. The molecule has 2 aliphatic heterocycles. The highest BCUT2D eigenvalue weighted by atomic mass is 16.5. The Bertz CT molecular complexity index is 750. The number of methoxy groups -OCH3 is 1. The molecule has 2 fully saturated rings. The molecule has 1 aromatic carbocycles. The Morgan fingerprint density at radius 2 is 2.07 bits per heavy atom. The molecule has 2 saturated heterocycles. The standard InChI is InChI=1S/C21H28N4O2/c1-16-4-9-20(24-23-16)22-18-12-21(27-14-18)10-3-11-25(15-21)13-17-5-7-19(26-2)8-6-17/h4-9,18H,3,10-15H2,1-2H3,(H,22,24)/t18-,21+/m0/s1. The molecule has 0 saturated carbocycles. The molecule has 27 heavy (non-hydrogen) atoms. The van der Waals surface area contributed by atoms with Gasteiger partial charge in [0.25, 0.3) is 0 Å². The first-order valence-corrected chi connectivity index (χ1v) is 9.70. The Balaban J connectivity index is 1.35. The summed E-state index contributed by atoms with van der Waals surface area (Å²) in [6.45, 7) is 5.74. The molecule has 0 aliphatic carbocycles. The second-order valence-electron chi connectivity index (χ2n) is 7.76. The zero-order valence-electron chi connectivity index (χ0n) is 16.1. The molecule has 2 aromatic rings. The summed E-state index contributed by atoms with van der Waals surface area (Å²) in [6.07, 6.45) is 3.32. The molecule has 2 atom stereocenters. The van der Waals surface area contributed by atoms with Crippen molar-refractivity contribution in [3.05, 3.63) is 47.7 Å². The quantitative estimate of drug-likeness (QED) is 0.875. The first-order valence-electron chi connectivity index (χ1n) is 9.70. The van der Waals surface area contributed by atoms with Crippen molar-refractivity contribution in [1.29, 1.82) is 0 Å². The van der Waals surface area contributed by atoms with Gasteiger partial charge in [-0.05, 0) is 56.1 Å². The third-order valence-electron chi connectivity index (χ3n) is 5.54. The molecule has 6 heteroatoms. The van der Waals surface area contributed by atoms with E-state index in [-0.39, 0.29) is 5.60 Å². The van der Waals surface area contributed by atoms with Gasteiger partial charge in [0.15, 0.2) is 0 Å². The van der Waals surface area contributed by atoms with Gasteiger partial charge in [-0.25, -0.2) is 0 Å². The second kappa shape index (κ2) is 7.82. The minimum Gasteiger partial charge on any atom is -0.497 e. The van der Waals surface area contributed by atoms with E-state index < -0.39 is 0 Å². The van der Waals surface area contributed by atoms with Gasteiger partial charge in [-0.2, -0.15) is 5.10 Å². The zero-order chi connectivity index (χ0) is 18.7. The van der Waals surface area contributed by atoms with Gasteiger partial charge in [-0.1, -0.05) is 12.1 Å². The number of ether oxygens (including phenoxy) is 2.